The lowest BCUT2D eigenvalue weighted by atomic mass is 10.3. The number of nitrogens with one attached hydrogen (secondary N) is 1. The molecule has 0 radical (unpaired) electrons. The zero-order chi connectivity index (χ0) is 15.0. The van der Waals surface area contributed by atoms with Crippen molar-refractivity contribution in [3.05, 3.63) is 24.3 Å². The molecule has 0 spiro atoms. The number of anilines is 1. The second-order valence-electron chi connectivity index (χ2n) is 3.80. The predicted octanol–water partition coefficient (Wildman–Crippen LogP) is 3.40. The van der Waals surface area contributed by atoms with Gasteiger partial charge in [-0.25, -0.2) is 0 Å². The Kier molecular flexibility index (Phi) is 6.60. The standard InChI is InChI=1S/C13H18F3NO3/c1-3-18-12(19-4-2)9-17-10-6-5-7-11(8-10)20-13(14,15)16/h5-8,12,17H,3-4,9H2,1-2H3. The molecule has 0 aliphatic rings. The van der Waals surface area contributed by atoms with Crippen molar-refractivity contribution in [2.45, 2.75) is 26.5 Å². The minimum Gasteiger partial charge on any atom is -0.406 e. The summed E-state index contributed by atoms with van der Waals surface area (Å²) >= 11 is 0. The van der Waals surface area contributed by atoms with Crippen LogP contribution in [0.15, 0.2) is 24.3 Å². The molecule has 0 atom stereocenters. The van der Waals surface area contributed by atoms with Crippen LogP contribution in [0.3, 0.4) is 0 Å². The number of hydrogen-bond donors (Lipinski definition) is 1. The maximum absolute atomic E-state index is 12.1. The number of ether oxygens (including phenoxy) is 3. The van der Waals surface area contributed by atoms with Crippen LogP contribution >= 0.6 is 0 Å². The first-order chi connectivity index (χ1) is 9.44. The number of alkyl halides is 3. The molecule has 0 unspecified atom stereocenters. The van der Waals surface area contributed by atoms with E-state index in [1.807, 2.05) is 13.8 Å². The Morgan fingerprint density at radius 1 is 1.15 bits per heavy atom. The largest absolute Gasteiger partial charge is 0.573 e. The first-order valence-electron chi connectivity index (χ1n) is 6.27. The molecule has 0 heterocycles. The summed E-state index contributed by atoms with van der Waals surface area (Å²) in [6.45, 7) is 4.98. The molecule has 1 aromatic carbocycles. The fourth-order valence-electron chi connectivity index (χ4n) is 1.54. The van der Waals surface area contributed by atoms with Crippen molar-refractivity contribution in [1.29, 1.82) is 0 Å². The van der Waals surface area contributed by atoms with E-state index in [4.69, 9.17) is 9.47 Å². The van der Waals surface area contributed by atoms with E-state index in [-0.39, 0.29) is 5.75 Å². The normalized spacial score (nSPS) is 11.7. The second-order valence-corrected chi connectivity index (χ2v) is 3.80. The molecule has 0 amide bonds. The van der Waals surface area contributed by atoms with Gasteiger partial charge in [0.2, 0.25) is 0 Å². The molecular weight excluding hydrogens is 275 g/mol. The average Bonchev–Trinajstić information content (AvgIpc) is 2.35. The van der Waals surface area contributed by atoms with Gasteiger partial charge in [0.25, 0.3) is 0 Å². The molecule has 0 saturated carbocycles. The highest BCUT2D eigenvalue weighted by Gasteiger charge is 2.31. The van der Waals surface area contributed by atoms with Crippen LogP contribution in [0.2, 0.25) is 0 Å². The van der Waals surface area contributed by atoms with Crippen LogP contribution < -0.4 is 10.1 Å². The molecular formula is C13H18F3NO3. The van der Waals surface area contributed by atoms with E-state index in [1.54, 1.807) is 6.07 Å². The predicted molar refractivity (Wildman–Crippen MR) is 68.7 cm³/mol. The topological polar surface area (TPSA) is 39.7 Å². The molecule has 1 aromatic rings. The first kappa shape index (κ1) is 16.6. The van der Waals surface area contributed by atoms with Crippen molar-refractivity contribution in [2.24, 2.45) is 0 Å². The minimum atomic E-state index is -4.70. The van der Waals surface area contributed by atoms with E-state index >= 15 is 0 Å². The Hall–Kier alpha value is -1.47. The van der Waals surface area contributed by atoms with Crippen LogP contribution in [0.5, 0.6) is 5.75 Å². The summed E-state index contributed by atoms with van der Waals surface area (Å²) in [6, 6.07) is 5.61. The quantitative estimate of drug-likeness (QED) is 0.746. The molecule has 0 saturated heterocycles. The van der Waals surface area contributed by atoms with E-state index in [2.05, 4.69) is 10.1 Å². The van der Waals surface area contributed by atoms with Crippen molar-refractivity contribution in [2.75, 3.05) is 25.1 Å². The van der Waals surface area contributed by atoms with E-state index in [1.165, 1.54) is 18.2 Å². The van der Waals surface area contributed by atoms with E-state index in [0.717, 1.165) is 0 Å². The summed E-state index contributed by atoms with van der Waals surface area (Å²) in [5.74, 6) is -0.271. The van der Waals surface area contributed by atoms with Gasteiger partial charge in [-0.3, -0.25) is 0 Å². The van der Waals surface area contributed by atoms with Gasteiger partial charge in [0.05, 0.1) is 6.54 Å². The highest BCUT2D eigenvalue weighted by atomic mass is 19.4. The Labute approximate surface area is 115 Å². The van der Waals surface area contributed by atoms with Gasteiger partial charge in [0, 0.05) is 25.0 Å². The van der Waals surface area contributed by atoms with Gasteiger partial charge in [-0.1, -0.05) is 6.07 Å². The molecule has 7 heteroatoms. The molecule has 0 bridgehead atoms. The van der Waals surface area contributed by atoms with Gasteiger partial charge in [0.1, 0.15) is 5.75 Å². The first-order valence-corrected chi connectivity index (χ1v) is 6.27. The monoisotopic (exact) mass is 293 g/mol. The Balaban J connectivity index is 2.57. The van der Waals surface area contributed by atoms with Crippen molar-refractivity contribution in [1.82, 2.24) is 0 Å². The molecule has 0 aliphatic heterocycles. The maximum atomic E-state index is 12.1. The van der Waals surface area contributed by atoms with Crippen molar-refractivity contribution < 1.29 is 27.4 Å². The van der Waals surface area contributed by atoms with E-state index in [0.29, 0.717) is 25.4 Å². The summed E-state index contributed by atoms with van der Waals surface area (Å²) in [5.41, 5.74) is 0.496. The molecule has 0 aromatic heterocycles. The molecule has 1 rings (SSSR count). The van der Waals surface area contributed by atoms with Crippen LogP contribution in [0.25, 0.3) is 0 Å². The number of halogens is 3. The summed E-state index contributed by atoms with van der Waals surface area (Å²) in [7, 11) is 0. The third-order valence-corrected chi connectivity index (χ3v) is 2.25. The summed E-state index contributed by atoms with van der Waals surface area (Å²) in [6.07, 6.45) is -5.14. The van der Waals surface area contributed by atoms with Gasteiger partial charge in [-0.15, -0.1) is 13.2 Å². The fraction of sp³-hybridized carbons (Fsp3) is 0.538. The van der Waals surface area contributed by atoms with Crippen molar-refractivity contribution in [3.8, 4) is 5.75 Å². The van der Waals surface area contributed by atoms with Crippen molar-refractivity contribution >= 4 is 5.69 Å². The lowest BCUT2D eigenvalue weighted by Gasteiger charge is -2.18. The van der Waals surface area contributed by atoms with Crippen LogP contribution in [0.1, 0.15) is 13.8 Å². The van der Waals surface area contributed by atoms with E-state index < -0.39 is 12.7 Å². The second kappa shape index (κ2) is 7.96. The lowest BCUT2D eigenvalue weighted by Crippen LogP contribution is -2.26. The smallest absolute Gasteiger partial charge is 0.406 e. The van der Waals surface area contributed by atoms with Crippen LogP contribution in [-0.4, -0.2) is 32.4 Å². The average molecular weight is 293 g/mol. The maximum Gasteiger partial charge on any atom is 0.573 e. The van der Waals surface area contributed by atoms with Crippen LogP contribution in [0.4, 0.5) is 18.9 Å². The lowest BCUT2D eigenvalue weighted by molar-refractivity contribution is -0.274. The van der Waals surface area contributed by atoms with Gasteiger partial charge in [-0.2, -0.15) is 0 Å². The molecule has 20 heavy (non-hydrogen) atoms. The Bertz CT molecular complexity index is 393. The zero-order valence-corrected chi connectivity index (χ0v) is 11.4. The molecule has 0 fully saturated rings. The van der Waals surface area contributed by atoms with Crippen LogP contribution in [0, 0.1) is 0 Å². The Morgan fingerprint density at radius 3 is 2.35 bits per heavy atom. The van der Waals surface area contributed by atoms with Gasteiger partial charge in [0.15, 0.2) is 6.29 Å². The van der Waals surface area contributed by atoms with Gasteiger partial charge in [-0.05, 0) is 26.0 Å². The summed E-state index contributed by atoms with van der Waals surface area (Å²) in [4.78, 5) is 0. The number of hydrogen-bond acceptors (Lipinski definition) is 4. The molecule has 114 valence electrons. The zero-order valence-electron chi connectivity index (χ0n) is 11.4. The highest BCUT2D eigenvalue weighted by molar-refractivity contribution is 5.48. The SMILES string of the molecule is CCOC(CNc1cccc(OC(F)(F)F)c1)OCC. The van der Waals surface area contributed by atoms with Gasteiger partial charge < -0.3 is 19.5 Å². The number of rotatable bonds is 8. The third kappa shape index (κ3) is 6.63. The Morgan fingerprint density at radius 2 is 1.80 bits per heavy atom. The minimum absolute atomic E-state index is 0.271. The summed E-state index contributed by atoms with van der Waals surface area (Å²) in [5, 5.41) is 2.94. The van der Waals surface area contributed by atoms with Crippen molar-refractivity contribution in [3.63, 3.8) is 0 Å². The summed E-state index contributed by atoms with van der Waals surface area (Å²) < 4.78 is 50.8. The third-order valence-electron chi connectivity index (χ3n) is 2.25. The highest BCUT2D eigenvalue weighted by Crippen LogP contribution is 2.25. The molecule has 4 nitrogen and oxygen atoms in total. The van der Waals surface area contributed by atoms with Crippen LogP contribution in [-0.2, 0) is 9.47 Å². The molecule has 1 N–H and O–H groups in total. The van der Waals surface area contributed by atoms with E-state index in [9.17, 15) is 13.2 Å². The number of benzene rings is 1. The fourth-order valence-corrected chi connectivity index (χ4v) is 1.54. The van der Waals surface area contributed by atoms with Gasteiger partial charge >= 0.3 is 6.36 Å². The molecule has 0 aliphatic carbocycles.